The number of carbonyl (C=O) groups is 1. The van der Waals surface area contributed by atoms with Gasteiger partial charge in [0.05, 0.1) is 18.4 Å². The van der Waals surface area contributed by atoms with Crippen LogP contribution in [0.2, 0.25) is 0 Å². The summed E-state index contributed by atoms with van der Waals surface area (Å²) >= 11 is 0. The fraction of sp³-hybridized carbons (Fsp3) is 0.472. The van der Waals surface area contributed by atoms with Gasteiger partial charge in [-0.3, -0.25) is 0 Å². The van der Waals surface area contributed by atoms with Gasteiger partial charge in [-0.1, -0.05) is 67.6 Å². The smallest absolute Gasteiger partial charge is 0.407 e. The van der Waals surface area contributed by atoms with Crippen LogP contribution < -0.4 is 15.5 Å². The third-order valence-corrected chi connectivity index (χ3v) is 9.54. The number of hydrogen-bond acceptors (Lipinski definition) is 12. The lowest BCUT2D eigenvalue weighted by molar-refractivity contribution is 0.00473. The molecule has 1 aliphatic carbocycles. The van der Waals surface area contributed by atoms with Gasteiger partial charge in [-0.2, -0.15) is 14.8 Å². The highest BCUT2D eigenvalue weighted by atomic mass is 16.6. The topological polar surface area (TPSA) is 181 Å². The second-order valence-corrected chi connectivity index (χ2v) is 14.3. The molecule has 0 radical (unpaired) electrons. The lowest BCUT2D eigenvalue weighted by Crippen LogP contribution is -2.40. The molecule has 0 bridgehead atoms. The van der Waals surface area contributed by atoms with E-state index in [4.69, 9.17) is 19.7 Å². The number of aryl methyl sites for hydroxylation is 1. The molecule has 15 heteroatoms. The van der Waals surface area contributed by atoms with E-state index >= 15 is 0 Å². The van der Waals surface area contributed by atoms with Crippen LogP contribution in [0.4, 0.5) is 16.6 Å². The van der Waals surface area contributed by atoms with Crippen LogP contribution in [0.1, 0.15) is 75.5 Å². The van der Waals surface area contributed by atoms with Gasteiger partial charge in [-0.15, -0.1) is 10.2 Å². The first-order chi connectivity index (χ1) is 24.6. The number of tetrazole rings is 1. The number of ether oxygens (including phenoxy) is 1. The zero-order valence-electron chi connectivity index (χ0n) is 29.3. The number of aromatic nitrogens is 8. The van der Waals surface area contributed by atoms with Crippen molar-refractivity contribution >= 4 is 29.0 Å². The normalized spacial score (nSPS) is 22.2. The Morgan fingerprint density at radius 2 is 1.69 bits per heavy atom. The summed E-state index contributed by atoms with van der Waals surface area (Å²) in [5, 5.41) is 41.7. The predicted octanol–water partition coefficient (Wildman–Crippen LogP) is 3.63. The van der Waals surface area contributed by atoms with Crippen LogP contribution in [-0.2, 0) is 11.2 Å². The van der Waals surface area contributed by atoms with E-state index in [1.807, 2.05) is 73.6 Å². The molecule has 5 aromatic rings. The molecular formula is C36H45N11O4. The van der Waals surface area contributed by atoms with Crippen LogP contribution >= 0.6 is 0 Å². The van der Waals surface area contributed by atoms with Gasteiger partial charge in [0.2, 0.25) is 5.95 Å². The number of imidazole rings is 1. The van der Waals surface area contributed by atoms with Gasteiger partial charge in [0.1, 0.15) is 23.9 Å². The number of nitrogens with one attached hydrogen (secondary N) is 2. The van der Waals surface area contributed by atoms with Crippen molar-refractivity contribution in [3.63, 3.8) is 0 Å². The molecule has 4 N–H and O–H groups in total. The third kappa shape index (κ3) is 7.35. The molecule has 3 unspecified atom stereocenters. The minimum Gasteiger partial charge on any atom is -0.444 e. The van der Waals surface area contributed by atoms with Crippen molar-refractivity contribution in [2.24, 2.45) is 0 Å². The number of aliphatic hydroxyl groups excluding tert-OH is 2. The Bertz CT molecular complexity index is 1910. The first-order valence-corrected chi connectivity index (χ1v) is 17.5. The molecule has 51 heavy (non-hydrogen) atoms. The number of anilines is 2. The molecule has 15 nitrogen and oxygen atoms in total. The molecule has 4 heterocycles. The summed E-state index contributed by atoms with van der Waals surface area (Å²) in [6, 6.07) is 19.3. The monoisotopic (exact) mass is 695 g/mol. The molecule has 2 fully saturated rings. The summed E-state index contributed by atoms with van der Waals surface area (Å²) in [6.45, 7) is 9.06. The van der Waals surface area contributed by atoms with Crippen molar-refractivity contribution in [2.75, 3.05) is 29.9 Å². The maximum atomic E-state index is 12.6. The third-order valence-electron chi connectivity index (χ3n) is 9.54. The standard InChI is InChI=1S/C36H45N11O4/c1-5-28-42-44-47(43-28)27-18-26(30(48)31(27)49)46-21-38-29-32(37-19-25(22-12-8-6-9-13-22)23-14-10-7-11-15-23)40-34(41-33(29)46)45-17-16-24(20-45)39-35(50)51-36(2,3)4/h6-15,21,24-27,30-31,48-49H,5,16-20H2,1-4H3,(H,39,50)(H,37,40,41)/t24?,26-,27+,30?,31?/m1/s1. The average Bonchev–Trinajstić information content (AvgIpc) is 3.92. The Hall–Kier alpha value is -5.15. The number of rotatable bonds is 10. The Labute approximate surface area is 296 Å². The summed E-state index contributed by atoms with van der Waals surface area (Å²) in [5.41, 5.74) is 2.76. The molecule has 0 spiro atoms. The summed E-state index contributed by atoms with van der Waals surface area (Å²) in [6.07, 6.45) is 0.560. The molecule has 1 aliphatic heterocycles. The number of fused-ring (bicyclic) bond motifs is 1. The van der Waals surface area contributed by atoms with Gasteiger partial charge in [0, 0.05) is 32.0 Å². The summed E-state index contributed by atoms with van der Waals surface area (Å²) in [4.78, 5) is 30.8. The van der Waals surface area contributed by atoms with E-state index < -0.39 is 36.0 Å². The van der Waals surface area contributed by atoms with Crippen LogP contribution in [0.5, 0.6) is 0 Å². The molecule has 1 amide bonds. The number of hydrogen-bond donors (Lipinski definition) is 4. The number of carbonyl (C=O) groups excluding carboxylic acids is 1. The van der Waals surface area contributed by atoms with E-state index in [9.17, 15) is 15.0 Å². The van der Waals surface area contributed by atoms with E-state index in [0.717, 1.165) is 11.1 Å². The highest BCUT2D eigenvalue weighted by Gasteiger charge is 2.45. The van der Waals surface area contributed by atoms with Gasteiger partial charge in [0.15, 0.2) is 22.8 Å². The molecule has 268 valence electrons. The lowest BCUT2D eigenvalue weighted by Gasteiger charge is -2.23. The van der Waals surface area contributed by atoms with Gasteiger partial charge in [0.25, 0.3) is 0 Å². The van der Waals surface area contributed by atoms with Gasteiger partial charge in [-0.05, 0) is 50.0 Å². The molecule has 2 aliphatic rings. The summed E-state index contributed by atoms with van der Waals surface area (Å²) < 4.78 is 7.31. The SMILES string of the molecule is CCc1nnn([C@H]2C[C@@H](n3cnc4c(NCC(c5ccccc5)c5ccccc5)nc(N5CCC(NC(=O)OC(C)(C)C)C5)nc43)C(O)C2O)n1. The van der Waals surface area contributed by atoms with Crippen LogP contribution in [0.25, 0.3) is 11.2 Å². The van der Waals surface area contributed by atoms with E-state index in [0.29, 0.717) is 67.7 Å². The predicted molar refractivity (Wildman–Crippen MR) is 190 cm³/mol. The van der Waals surface area contributed by atoms with Crippen LogP contribution in [0.3, 0.4) is 0 Å². The van der Waals surface area contributed by atoms with Gasteiger partial charge >= 0.3 is 6.09 Å². The van der Waals surface area contributed by atoms with Crippen LogP contribution in [0.15, 0.2) is 67.0 Å². The van der Waals surface area contributed by atoms with Crippen LogP contribution in [-0.4, -0.2) is 99.5 Å². The minimum atomic E-state index is -1.13. The molecular weight excluding hydrogens is 650 g/mol. The molecule has 1 saturated carbocycles. The van der Waals surface area contributed by atoms with E-state index in [1.165, 1.54) is 4.80 Å². The number of amides is 1. The maximum absolute atomic E-state index is 12.6. The van der Waals surface area contributed by atoms with Crippen molar-refractivity contribution in [3.05, 3.63) is 83.9 Å². The molecule has 1 saturated heterocycles. The fourth-order valence-corrected chi connectivity index (χ4v) is 6.97. The van der Waals surface area contributed by atoms with Crippen molar-refractivity contribution < 1.29 is 19.7 Å². The van der Waals surface area contributed by atoms with Crippen molar-refractivity contribution in [2.45, 2.75) is 88.8 Å². The molecule has 5 atom stereocenters. The molecule has 3 aromatic heterocycles. The zero-order valence-corrected chi connectivity index (χ0v) is 29.3. The first kappa shape index (κ1) is 34.3. The van der Waals surface area contributed by atoms with Gasteiger partial charge < -0.3 is 35.1 Å². The van der Waals surface area contributed by atoms with Crippen LogP contribution in [0, 0.1) is 0 Å². The van der Waals surface area contributed by atoms with Crippen molar-refractivity contribution in [1.82, 2.24) is 45.0 Å². The molecule has 7 rings (SSSR count). The van der Waals surface area contributed by atoms with Gasteiger partial charge in [-0.25, -0.2) is 9.78 Å². The maximum Gasteiger partial charge on any atom is 0.407 e. The lowest BCUT2D eigenvalue weighted by atomic mass is 9.91. The Morgan fingerprint density at radius 3 is 2.33 bits per heavy atom. The first-order valence-electron chi connectivity index (χ1n) is 17.5. The highest BCUT2D eigenvalue weighted by molar-refractivity contribution is 5.84. The molecule has 2 aromatic carbocycles. The largest absolute Gasteiger partial charge is 0.444 e. The Morgan fingerprint density at radius 1 is 1.00 bits per heavy atom. The average molecular weight is 696 g/mol. The number of benzene rings is 2. The van der Waals surface area contributed by atoms with Crippen molar-refractivity contribution in [3.8, 4) is 0 Å². The number of nitrogens with zero attached hydrogens (tertiary/aromatic N) is 9. The summed E-state index contributed by atoms with van der Waals surface area (Å²) in [5.74, 6) is 1.60. The fourth-order valence-electron chi connectivity index (χ4n) is 6.97. The number of alkyl carbamates (subject to hydrolysis) is 1. The second kappa shape index (κ2) is 14.2. The second-order valence-electron chi connectivity index (χ2n) is 14.3. The highest BCUT2D eigenvalue weighted by Crippen LogP contribution is 2.40. The minimum absolute atomic E-state index is 0.0212. The van der Waals surface area contributed by atoms with E-state index in [-0.39, 0.29) is 12.0 Å². The van der Waals surface area contributed by atoms with Crippen molar-refractivity contribution in [1.29, 1.82) is 0 Å². The quantitative estimate of drug-likeness (QED) is 0.167. The Kier molecular flexibility index (Phi) is 9.57. The zero-order chi connectivity index (χ0) is 35.7. The van der Waals surface area contributed by atoms with E-state index in [1.54, 1.807) is 6.33 Å². The number of aliphatic hydroxyl groups is 2. The summed E-state index contributed by atoms with van der Waals surface area (Å²) in [7, 11) is 0. The Balaban J connectivity index is 1.22. The van der Waals surface area contributed by atoms with E-state index in [2.05, 4.69) is 50.3 Å².